The molecule has 0 bridgehead atoms. The molecule has 1 amide bonds. The van der Waals surface area contributed by atoms with Gasteiger partial charge in [-0.15, -0.1) is 0 Å². The van der Waals surface area contributed by atoms with Crippen molar-refractivity contribution in [3.05, 3.63) is 18.2 Å². The minimum Gasteiger partial charge on any atom is -0.492 e. The van der Waals surface area contributed by atoms with Crippen molar-refractivity contribution in [2.24, 2.45) is 11.3 Å². The van der Waals surface area contributed by atoms with E-state index in [1.165, 1.54) is 4.90 Å². The van der Waals surface area contributed by atoms with Crippen LogP contribution in [0, 0.1) is 11.3 Å². The smallest absolute Gasteiger partial charge is 0.407 e. The fourth-order valence-electron chi connectivity index (χ4n) is 3.90. The average Bonchev–Trinajstić information content (AvgIpc) is 3.10. The van der Waals surface area contributed by atoms with Crippen molar-refractivity contribution < 1.29 is 29.0 Å². The van der Waals surface area contributed by atoms with E-state index >= 15 is 0 Å². The number of rotatable bonds is 7. The minimum atomic E-state index is -0.865. The van der Waals surface area contributed by atoms with E-state index in [-0.39, 0.29) is 17.9 Å². The summed E-state index contributed by atoms with van der Waals surface area (Å²) in [6.45, 7) is 2.11. The summed E-state index contributed by atoms with van der Waals surface area (Å²) in [6.07, 6.45) is 3.74. The molecule has 1 aliphatic heterocycles. The van der Waals surface area contributed by atoms with Crippen LogP contribution in [0.4, 0.5) is 4.79 Å². The van der Waals surface area contributed by atoms with E-state index in [9.17, 15) is 9.90 Å². The number of fused-ring (bicyclic) bond motifs is 1. The van der Waals surface area contributed by atoms with Crippen LogP contribution in [0.25, 0.3) is 11.0 Å². The number of hydrogen-bond acceptors (Lipinski definition) is 6. The third-order valence-corrected chi connectivity index (χ3v) is 6.05. The topological polar surface area (TPSA) is 105 Å². The molecule has 4 rings (SSSR count). The van der Waals surface area contributed by atoms with Crippen molar-refractivity contribution >= 4 is 17.1 Å². The number of benzene rings is 1. The van der Waals surface area contributed by atoms with Gasteiger partial charge in [0.1, 0.15) is 11.1 Å². The molecule has 8 nitrogen and oxygen atoms in total. The van der Waals surface area contributed by atoms with Crippen LogP contribution in [0.2, 0.25) is 0 Å². The fraction of sp³-hybridized carbons (Fsp3) is 0.600. The van der Waals surface area contributed by atoms with Crippen LogP contribution in [0.1, 0.15) is 32.1 Å². The van der Waals surface area contributed by atoms with Gasteiger partial charge in [0, 0.05) is 18.5 Å². The lowest BCUT2D eigenvalue weighted by Crippen LogP contribution is -2.39. The summed E-state index contributed by atoms with van der Waals surface area (Å²) >= 11 is 0. The quantitative estimate of drug-likeness (QED) is 0.748. The first kappa shape index (κ1) is 18.9. The van der Waals surface area contributed by atoms with Crippen molar-refractivity contribution in [1.82, 2.24) is 10.1 Å². The summed E-state index contributed by atoms with van der Waals surface area (Å²) in [6, 6.07) is 5.53. The van der Waals surface area contributed by atoms with Gasteiger partial charge in [-0.05, 0) is 48.9 Å². The molecule has 0 spiro atoms. The molecule has 2 aromatic rings. The van der Waals surface area contributed by atoms with Gasteiger partial charge in [-0.2, -0.15) is 0 Å². The van der Waals surface area contributed by atoms with E-state index in [2.05, 4.69) is 5.16 Å². The van der Waals surface area contributed by atoms with Gasteiger partial charge in [0.15, 0.2) is 5.58 Å². The Bertz CT molecular complexity index is 818. The third kappa shape index (κ3) is 3.73. The van der Waals surface area contributed by atoms with Crippen LogP contribution in [0.5, 0.6) is 11.6 Å². The summed E-state index contributed by atoms with van der Waals surface area (Å²) < 4.78 is 17.4. The van der Waals surface area contributed by atoms with Gasteiger partial charge >= 0.3 is 6.09 Å². The number of ether oxygens (including phenoxy) is 2. The van der Waals surface area contributed by atoms with Gasteiger partial charge in [-0.1, -0.05) is 12.5 Å². The molecule has 1 aromatic heterocycles. The maximum absolute atomic E-state index is 11.0. The number of nitrogens with zero attached hydrogens (tertiary/aromatic N) is 2. The van der Waals surface area contributed by atoms with Crippen molar-refractivity contribution in [3.8, 4) is 11.6 Å². The molecule has 8 heteroatoms. The Balaban J connectivity index is 1.41. The Morgan fingerprint density at radius 2 is 2.07 bits per heavy atom. The maximum atomic E-state index is 11.0. The molecule has 1 saturated heterocycles. The maximum Gasteiger partial charge on any atom is 0.407 e. The third-order valence-electron chi connectivity index (χ3n) is 6.05. The predicted molar refractivity (Wildman–Crippen MR) is 101 cm³/mol. The number of amides is 1. The summed E-state index contributed by atoms with van der Waals surface area (Å²) in [5.74, 6) is 1.33. The molecule has 2 fully saturated rings. The van der Waals surface area contributed by atoms with E-state index in [1.807, 2.05) is 18.2 Å². The number of hydrogen-bond donors (Lipinski definition) is 2. The SMILES string of the molecule is O=C(O)N1CCC(COc2noc3cccc(OCC4(CO)CCC4)c23)CC1. The Morgan fingerprint density at radius 3 is 2.71 bits per heavy atom. The molecule has 0 atom stereocenters. The van der Waals surface area contributed by atoms with E-state index in [4.69, 9.17) is 19.1 Å². The van der Waals surface area contributed by atoms with Crippen LogP contribution in [-0.4, -0.2) is 59.3 Å². The Labute approximate surface area is 163 Å². The average molecular weight is 390 g/mol. The molecule has 1 aliphatic carbocycles. The zero-order valence-electron chi connectivity index (χ0n) is 15.8. The molecule has 152 valence electrons. The predicted octanol–water partition coefficient (Wildman–Crippen LogP) is 3.14. The standard InChI is InChI=1S/C20H26N2O6/c23-12-20(7-2-8-20)13-27-15-3-1-4-16-17(15)18(21-28-16)26-11-14-5-9-22(10-6-14)19(24)25/h1,3-4,14,23H,2,5-13H2,(H,24,25). The highest BCUT2D eigenvalue weighted by Gasteiger charge is 2.37. The molecule has 28 heavy (non-hydrogen) atoms. The van der Waals surface area contributed by atoms with Crippen LogP contribution >= 0.6 is 0 Å². The summed E-state index contributed by atoms with van der Waals surface area (Å²) in [5.41, 5.74) is 0.457. The molecule has 2 N–H and O–H groups in total. The van der Waals surface area contributed by atoms with Gasteiger partial charge < -0.3 is 29.1 Å². The van der Waals surface area contributed by atoms with Gasteiger partial charge in [-0.25, -0.2) is 4.79 Å². The minimum absolute atomic E-state index is 0.130. The second kappa shape index (κ2) is 7.87. The van der Waals surface area contributed by atoms with Crippen LogP contribution in [-0.2, 0) is 0 Å². The normalized spacial score (nSPS) is 19.4. The van der Waals surface area contributed by atoms with Gasteiger partial charge in [-0.3, -0.25) is 0 Å². The first-order chi connectivity index (χ1) is 13.6. The fourth-order valence-corrected chi connectivity index (χ4v) is 3.90. The van der Waals surface area contributed by atoms with Crippen LogP contribution in [0.3, 0.4) is 0 Å². The number of aliphatic hydroxyl groups excluding tert-OH is 1. The lowest BCUT2D eigenvalue weighted by Gasteiger charge is -2.39. The second-order valence-electron chi connectivity index (χ2n) is 7.94. The van der Waals surface area contributed by atoms with Crippen molar-refractivity contribution in [2.45, 2.75) is 32.1 Å². The summed E-state index contributed by atoms with van der Waals surface area (Å²) in [4.78, 5) is 12.4. The molecule has 0 unspecified atom stereocenters. The monoisotopic (exact) mass is 390 g/mol. The largest absolute Gasteiger partial charge is 0.492 e. The lowest BCUT2D eigenvalue weighted by molar-refractivity contribution is 0.000505. The molecule has 1 aromatic carbocycles. The molecular weight excluding hydrogens is 364 g/mol. The summed E-state index contributed by atoms with van der Waals surface area (Å²) in [7, 11) is 0. The van der Waals surface area contributed by atoms with Crippen molar-refractivity contribution in [3.63, 3.8) is 0 Å². The van der Waals surface area contributed by atoms with E-state index in [1.54, 1.807) is 0 Å². The van der Waals surface area contributed by atoms with Crippen molar-refractivity contribution in [2.75, 3.05) is 32.9 Å². The van der Waals surface area contributed by atoms with E-state index in [0.29, 0.717) is 48.9 Å². The first-order valence-electron chi connectivity index (χ1n) is 9.83. The highest BCUT2D eigenvalue weighted by Crippen LogP contribution is 2.42. The van der Waals surface area contributed by atoms with Crippen LogP contribution in [0.15, 0.2) is 22.7 Å². The number of piperidine rings is 1. The lowest BCUT2D eigenvalue weighted by atomic mass is 9.70. The highest BCUT2D eigenvalue weighted by atomic mass is 16.5. The second-order valence-corrected chi connectivity index (χ2v) is 7.94. The Kier molecular flexibility index (Phi) is 5.30. The number of aromatic nitrogens is 1. The molecule has 1 saturated carbocycles. The zero-order valence-corrected chi connectivity index (χ0v) is 15.8. The Hall–Kier alpha value is -2.48. The summed E-state index contributed by atoms with van der Waals surface area (Å²) in [5, 5.41) is 23.4. The number of likely N-dealkylation sites (tertiary alicyclic amines) is 1. The zero-order chi connectivity index (χ0) is 19.6. The molecule has 2 aliphatic rings. The number of carbonyl (C=O) groups is 1. The van der Waals surface area contributed by atoms with Gasteiger partial charge in [0.05, 0.1) is 19.8 Å². The van der Waals surface area contributed by atoms with Gasteiger partial charge in [0.25, 0.3) is 5.88 Å². The van der Waals surface area contributed by atoms with E-state index < -0.39 is 6.09 Å². The number of aliphatic hydroxyl groups is 1. The Morgan fingerprint density at radius 1 is 1.29 bits per heavy atom. The first-order valence-corrected chi connectivity index (χ1v) is 9.83. The van der Waals surface area contributed by atoms with Crippen molar-refractivity contribution in [1.29, 1.82) is 0 Å². The van der Waals surface area contributed by atoms with Gasteiger partial charge in [0.2, 0.25) is 0 Å². The van der Waals surface area contributed by atoms with E-state index in [0.717, 1.165) is 32.1 Å². The molecule has 0 radical (unpaired) electrons. The highest BCUT2D eigenvalue weighted by molar-refractivity contribution is 5.88. The molecule has 2 heterocycles. The number of carboxylic acid groups (broad SMARTS) is 1. The molecular formula is C20H26N2O6. The van der Waals surface area contributed by atoms with Crippen LogP contribution < -0.4 is 9.47 Å².